The third-order valence-corrected chi connectivity index (χ3v) is 2.45. The molecule has 0 bridgehead atoms. The van der Waals surface area contributed by atoms with E-state index in [4.69, 9.17) is 0 Å². The third kappa shape index (κ3) is 3.26. The minimum absolute atomic E-state index is 0.0701. The van der Waals surface area contributed by atoms with Gasteiger partial charge in [0.05, 0.1) is 0 Å². The van der Waals surface area contributed by atoms with E-state index in [2.05, 4.69) is 24.4 Å². The Labute approximate surface area is 97.5 Å². The van der Waals surface area contributed by atoms with Crippen LogP contribution in [0.5, 0.6) is 0 Å². The molecule has 3 nitrogen and oxygen atoms in total. The van der Waals surface area contributed by atoms with Crippen LogP contribution in [-0.4, -0.2) is 19.1 Å². The van der Waals surface area contributed by atoms with Gasteiger partial charge in [0.2, 0.25) is 0 Å². The summed E-state index contributed by atoms with van der Waals surface area (Å²) in [6, 6.07) is 8.13. The second-order valence-electron chi connectivity index (χ2n) is 4.18. The molecule has 0 aromatic heterocycles. The molecule has 16 heavy (non-hydrogen) atoms. The molecule has 0 saturated carbocycles. The van der Waals surface area contributed by atoms with Gasteiger partial charge in [-0.15, -0.1) is 0 Å². The van der Waals surface area contributed by atoms with Crippen molar-refractivity contribution in [3.63, 3.8) is 0 Å². The van der Waals surface area contributed by atoms with E-state index in [1.54, 1.807) is 11.9 Å². The first-order valence-electron chi connectivity index (χ1n) is 5.67. The number of rotatable bonds is 3. The van der Waals surface area contributed by atoms with Gasteiger partial charge in [-0.2, -0.15) is 0 Å². The van der Waals surface area contributed by atoms with Crippen molar-refractivity contribution in [3.8, 4) is 0 Å². The van der Waals surface area contributed by atoms with Crippen molar-refractivity contribution in [3.05, 3.63) is 29.8 Å². The summed E-state index contributed by atoms with van der Waals surface area (Å²) in [6.07, 6.45) is 1.02. The Kier molecular flexibility index (Phi) is 4.35. The molecule has 1 N–H and O–H groups in total. The highest BCUT2D eigenvalue weighted by Gasteiger charge is 2.10. The molecule has 0 atom stereocenters. The zero-order valence-electron chi connectivity index (χ0n) is 10.4. The van der Waals surface area contributed by atoms with Crippen LogP contribution in [0.25, 0.3) is 0 Å². The molecule has 0 aliphatic rings. The van der Waals surface area contributed by atoms with Crippen LogP contribution in [0.1, 0.15) is 26.3 Å². The SMILES string of the molecule is CCc1ccc(N(C)C(=O)NC(C)C)cc1. The molecule has 1 aromatic carbocycles. The van der Waals surface area contributed by atoms with E-state index in [1.807, 2.05) is 26.0 Å². The van der Waals surface area contributed by atoms with Crippen molar-refractivity contribution in [2.45, 2.75) is 33.2 Å². The van der Waals surface area contributed by atoms with Crippen LogP contribution in [0, 0.1) is 0 Å². The molecule has 1 aromatic rings. The molecule has 88 valence electrons. The highest BCUT2D eigenvalue weighted by Crippen LogP contribution is 2.14. The first-order chi connectivity index (χ1) is 7.54. The molecule has 0 radical (unpaired) electrons. The van der Waals surface area contributed by atoms with E-state index in [1.165, 1.54) is 5.56 Å². The highest BCUT2D eigenvalue weighted by atomic mass is 16.2. The van der Waals surface area contributed by atoms with Crippen LogP contribution in [0.15, 0.2) is 24.3 Å². The maximum absolute atomic E-state index is 11.7. The molecule has 0 saturated heterocycles. The molecule has 3 heteroatoms. The van der Waals surface area contributed by atoms with E-state index < -0.39 is 0 Å². The number of anilines is 1. The Balaban J connectivity index is 2.72. The van der Waals surface area contributed by atoms with Gasteiger partial charge in [-0.1, -0.05) is 19.1 Å². The second-order valence-corrected chi connectivity index (χ2v) is 4.18. The third-order valence-electron chi connectivity index (χ3n) is 2.45. The zero-order chi connectivity index (χ0) is 12.1. The zero-order valence-corrected chi connectivity index (χ0v) is 10.4. The van der Waals surface area contributed by atoms with E-state index in [9.17, 15) is 4.79 Å². The summed E-state index contributed by atoms with van der Waals surface area (Å²) in [7, 11) is 1.78. The highest BCUT2D eigenvalue weighted by molar-refractivity contribution is 5.91. The summed E-state index contributed by atoms with van der Waals surface area (Å²) in [6.45, 7) is 6.02. The van der Waals surface area contributed by atoms with Gasteiger partial charge in [-0.3, -0.25) is 4.90 Å². The monoisotopic (exact) mass is 220 g/mol. The number of nitrogens with one attached hydrogen (secondary N) is 1. The lowest BCUT2D eigenvalue weighted by atomic mass is 10.1. The molecule has 2 amide bonds. The van der Waals surface area contributed by atoms with E-state index in [-0.39, 0.29) is 12.1 Å². The van der Waals surface area contributed by atoms with Crippen molar-refractivity contribution in [1.82, 2.24) is 5.32 Å². The number of aryl methyl sites for hydroxylation is 1. The van der Waals surface area contributed by atoms with Crippen molar-refractivity contribution < 1.29 is 4.79 Å². The average Bonchev–Trinajstić information content (AvgIpc) is 2.27. The van der Waals surface area contributed by atoms with Gasteiger partial charge in [0, 0.05) is 18.8 Å². The van der Waals surface area contributed by atoms with Crippen LogP contribution in [0.3, 0.4) is 0 Å². The lowest BCUT2D eigenvalue weighted by Crippen LogP contribution is -2.40. The first kappa shape index (κ1) is 12.6. The van der Waals surface area contributed by atoms with Gasteiger partial charge >= 0.3 is 6.03 Å². The van der Waals surface area contributed by atoms with E-state index in [0.717, 1.165) is 12.1 Å². The summed E-state index contributed by atoms with van der Waals surface area (Å²) in [5.41, 5.74) is 2.19. The van der Waals surface area contributed by atoms with Gasteiger partial charge in [-0.25, -0.2) is 4.79 Å². The Hall–Kier alpha value is -1.51. The predicted octanol–water partition coefficient (Wildman–Crippen LogP) is 2.80. The van der Waals surface area contributed by atoms with Gasteiger partial charge in [0.1, 0.15) is 0 Å². The molecule has 0 unspecified atom stereocenters. The van der Waals surface area contributed by atoms with Crippen molar-refractivity contribution in [1.29, 1.82) is 0 Å². The fourth-order valence-electron chi connectivity index (χ4n) is 1.42. The number of urea groups is 1. The van der Waals surface area contributed by atoms with Crippen LogP contribution in [0.2, 0.25) is 0 Å². The number of carbonyl (C=O) groups excluding carboxylic acids is 1. The Bertz CT molecular complexity index is 343. The quantitative estimate of drug-likeness (QED) is 0.834. The van der Waals surface area contributed by atoms with Crippen molar-refractivity contribution in [2.75, 3.05) is 11.9 Å². The minimum atomic E-state index is -0.0701. The summed E-state index contributed by atoms with van der Waals surface area (Å²) in [4.78, 5) is 13.3. The smallest absolute Gasteiger partial charge is 0.321 e. The molecule has 0 aliphatic heterocycles. The van der Waals surface area contributed by atoms with E-state index in [0.29, 0.717) is 0 Å². The normalized spacial score (nSPS) is 10.3. The van der Waals surface area contributed by atoms with Crippen LogP contribution in [-0.2, 0) is 6.42 Å². The maximum atomic E-state index is 11.7. The molecule has 0 fully saturated rings. The molecular weight excluding hydrogens is 200 g/mol. The summed E-state index contributed by atoms with van der Waals surface area (Å²) < 4.78 is 0. The Morgan fingerprint density at radius 2 is 1.88 bits per heavy atom. The lowest BCUT2D eigenvalue weighted by Gasteiger charge is -2.19. The number of nitrogens with zero attached hydrogens (tertiary/aromatic N) is 1. The van der Waals surface area contributed by atoms with Crippen molar-refractivity contribution >= 4 is 11.7 Å². The van der Waals surface area contributed by atoms with E-state index >= 15 is 0 Å². The molecule has 0 aliphatic carbocycles. The number of benzene rings is 1. The topological polar surface area (TPSA) is 32.3 Å². The Morgan fingerprint density at radius 3 is 2.31 bits per heavy atom. The largest absolute Gasteiger partial charge is 0.336 e. The van der Waals surface area contributed by atoms with Crippen molar-refractivity contribution in [2.24, 2.45) is 0 Å². The molecular formula is C13H20N2O. The minimum Gasteiger partial charge on any atom is -0.336 e. The molecule has 1 rings (SSSR count). The van der Waals surface area contributed by atoms with Crippen LogP contribution >= 0.6 is 0 Å². The van der Waals surface area contributed by atoms with Gasteiger partial charge in [-0.05, 0) is 38.0 Å². The predicted molar refractivity (Wildman–Crippen MR) is 67.9 cm³/mol. The standard InChI is InChI=1S/C13H20N2O/c1-5-11-6-8-12(9-7-11)15(4)13(16)14-10(2)3/h6-10H,5H2,1-4H3,(H,14,16). The number of hydrogen-bond donors (Lipinski definition) is 1. The molecule has 0 heterocycles. The number of hydrogen-bond acceptors (Lipinski definition) is 1. The summed E-state index contributed by atoms with van der Waals surface area (Å²) in [5, 5.41) is 2.86. The Morgan fingerprint density at radius 1 is 1.31 bits per heavy atom. The second kappa shape index (κ2) is 5.54. The fourth-order valence-corrected chi connectivity index (χ4v) is 1.42. The lowest BCUT2D eigenvalue weighted by molar-refractivity contribution is 0.245. The van der Waals surface area contributed by atoms with Gasteiger partial charge in [0.25, 0.3) is 0 Å². The van der Waals surface area contributed by atoms with Crippen LogP contribution in [0.4, 0.5) is 10.5 Å². The first-order valence-corrected chi connectivity index (χ1v) is 5.67. The van der Waals surface area contributed by atoms with Gasteiger partial charge in [0.15, 0.2) is 0 Å². The summed E-state index contributed by atoms with van der Waals surface area (Å²) >= 11 is 0. The fraction of sp³-hybridized carbons (Fsp3) is 0.462. The maximum Gasteiger partial charge on any atom is 0.321 e. The average molecular weight is 220 g/mol. The number of amides is 2. The summed E-state index contributed by atoms with van der Waals surface area (Å²) in [5.74, 6) is 0. The van der Waals surface area contributed by atoms with Gasteiger partial charge < -0.3 is 5.32 Å². The molecule has 0 spiro atoms. The number of carbonyl (C=O) groups is 1. The van der Waals surface area contributed by atoms with Crippen LogP contribution < -0.4 is 10.2 Å².